The van der Waals surface area contributed by atoms with Crippen LogP contribution in [0.2, 0.25) is 0 Å². The first kappa shape index (κ1) is 15.9. The van der Waals surface area contributed by atoms with Crippen molar-refractivity contribution in [3.63, 3.8) is 0 Å². The zero-order chi connectivity index (χ0) is 15.1. The smallest absolute Gasteiger partial charge is 0.302 e. The molecule has 1 fully saturated rings. The topological polar surface area (TPSA) is 35.5 Å². The van der Waals surface area contributed by atoms with E-state index in [4.69, 9.17) is 9.47 Å². The Kier molecular flexibility index (Phi) is 6.16. The van der Waals surface area contributed by atoms with Gasteiger partial charge < -0.3 is 9.47 Å². The van der Waals surface area contributed by atoms with Crippen LogP contribution in [-0.2, 0) is 14.3 Å². The van der Waals surface area contributed by atoms with Crippen molar-refractivity contribution in [2.24, 2.45) is 5.92 Å². The van der Waals surface area contributed by atoms with Crippen molar-refractivity contribution in [3.8, 4) is 11.2 Å². The number of hydrogen-bond acceptors (Lipinski definition) is 4. The molecule has 3 atom stereocenters. The van der Waals surface area contributed by atoms with Gasteiger partial charge in [0.25, 0.3) is 0 Å². The third-order valence-corrected chi connectivity index (χ3v) is 4.11. The maximum Gasteiger partial charge on any atom is 0.302 e. The number of rotatable bonds is 3. The first-order valence-electron chi connectivity index (χ1n) is 7.16. The number of hydrogen-bond donors (Lipinski definition) is 0. The molecule has 0 unspecified atom stereocenters. The second-order valence-corrected chi connectivity index (χ2v) is 6.08. The van der Waals surface area contributed by atoms with E-state index in [0.717, 1.165) is 17.7 Å². The second-order valence-electron chi connectivity index (χ2n) is 5.20. The SMILES string of the molecule is CC(=O)OC[C@@H]1CC[C@H](C)[C@@H](C#CSc2ccccc2)O1. The van der Waals surface area contributed by atoms with Gasteiger partial charge in [-0.2, -0.15) is 0 Å². The van der Waals surface area contributed by atoms with Gasteiger partial charge in [-0.1, -0.05) is 31.0 Å². The fourth-order valence-corrected chi connectivity index (χ4v) is 2.74. The van der Waals surface area contributed by atoms with Crippen LogP contribution in [0, 0.1) is 17.1 Å². The van der Waals surface area contributed by atoms with Gasteiger partial charge in [-0.05, 0) is 47.9 Å². The second kappa shape index (κ2) is 8.11. The van der Waals surface area contributed by atoms with Crippen molar-refractivity contribution in [2.45, 2.75) is 43.8 Å². The zero-order valence-corrected chi connectivity index (χ0v) is 13.2. The Hall–Kier alpha value is -1.44. The molecule has 0 radical (unpaired) electrons. The minimum absolute atomic E-state index is 0.0360. The van der Waals surface area contributed by atoms with Crippen molar-refractivity contribution in [2.75, 3.05) is 6.61 Å². The lowest BCUT2D eigenvalue weighted by Crippen LogP contribution is -2.35. The Balaban J connectivity index is 1.87. The van der Waals surface area contributed by atoms with E-state index in [1.165, 1.54) is 18.7 Å². The van der Waals surface area contributed by atoms with E-state index in [-0.39, 0.29) is 18.2 Å². The standard InChI is InChI=1S/C17H20O3S/c1-13-8-9-15(12-19-14(2)18)20-17(13)10-11-21-16-6-4-3-5-7-16/h3-7,13,15,17H,8-9,12H2,1-2H3/t13-,15-,17+/m0/s1. The third kappa shape index (κ3) is 5.45. The van der Waals surface area contributed by atoms with Crippen LogP contribution in [0.1, 0.15) is 26.7 Å². The summed E-state index contributed by atoms with van der Waals surface area (Å²) in [6.45, 7) is 3.89. The summed E-state index contributed by atoms with van der Waals surface area (Å²) in [6, 6.07) is 10.1. The maximum absolute atomic E-state index is 10.9. The van der Waals surface area contributed by atoms with Crippen LogP contribution in [0.4, 0.5) is 0 Å². The monoisotopic (exact) mass is 304 g/mol. The lowest BCUT2D eigenvalue weighted by Gasteiger charge is -2.31. The van der Waals surface area contributed by atoms with Crippen LogP contribution < -0.4 is 0 Å². The summed E-state index contributed by atoms with van der Waals surface area (Å²) in [6.07, 6.45) is 1.83. The van der Waals surface area contributed by atoms with Crippen LogP contribution in [0.5, 0.6) is 0 Å². The van der Waals surface area contributed by atoms with Crippen molar-refractivity contribution < 1.29 is 14.3 Å². The molecular formula is C17H20O3S. The number of esters is 1. The van der Waals surface area contributed by atoms with Crippen molar-refractivity contribution in [1.29, 1.82) is 0 Å². The van der Waals surface area contributed by atoms with E-state index in [1.807, 2.05) is 30.3 Å². The molecule has 1 heterocycles. The number of carbonyl (C=O) groups excluding carboxylic acids is 1. The molecule has 1 aromatic carbocycles. The molecule has 2 rings (SSSR count). The molecule has 1 aromatic rings. The van der Waals surface area contributed by atoms with Crippen LogP contribution in [0.25, 0.3) is 0 Å². The van der Waals surface area contributed by atoms with Gasteiger partial charge in [-0.25, -0.2) is 0 Å². The van der Waals surface area contributed by atoms with Gasteiger partial charge in [-0.3, -0.25) is 4.79 Å². The molecular weight excluding hydrogens is 284 g/mol. The molecule has 0 spiro atoms. The molecule has 0 aliphatic carbocycles. The lowest BCUT2D eigenvalue weighted by molar-refractivity contribution is -0.149. The quantitative estimate of drug-likeness (QED) is 0.486. The highest BCUT2D eigenvalue weighted by atomic mass is 32.2. The van der Waals surface area contributed by atoms with Gasteiger partial charge in [0, 0.05) is 11.8 Å². The summed E-state index contributed by atoms with van der Waals surface area (Å²) in [4.78, 5) is 12.0. The molecule has 0 saturated carbocycles. The Morgan fingerprint density at radius 3 is 2.86 bits per heavy atom. The van der Waals surface area contributed by atoms with Crippen LogP contribution >= 0.6 is 11.8 Å². The number of ether oxygens (including phenoxy) is 2. The van der Waals surface area contributed by atoms with Gasteiger partial charge in [-0.15, -0.1) is 0 Å². The van der Waals surface area contributed by atoms with Crippen LogP contribution in [-0.4, -0.2) is 24.8 Å². The van der Waals surface area contributed by atoms with Gasteiger partial charge in [0.1, 0.15) is 12.7 Å². The fourth-order valence-electron chi connectivity index (χ4n) is 2.15. The first-order valence-corrected chi connectivity index (χ1v) is 7.98. The van der Waals surface area contributed by atoms with E-state index >= 15 is 0 Å². The first-order chi connectivity index (χ1) is 10.1. The summed E-state index contributed by atoms with van der Waals surface area (Å²) in [5, 5.41) is 3.12. The maximum atomic E-state index is 10.9. The molecule has 1 saturated heterocycles. The number of benzene rings is 1. The minimum atomic E-state index is -0.264. The summed E-state index contributed by atoms with van der Waals surface area (Å²) in [7, 11) is 0. The van der Waals surface area contributed by atoms with Crippen LogP contribution in [0.3, 0.4) is 0 Å². The summed E-state index contributed by atoms with van der Waals surface area (Å²) in [5.41, 5.74) is 0. The van der Waals surface area contributed by atoms with E-state index in [2.05, 4.69) is 18.1 Å². The molecule has 21 heavy (non-hydrogen) atoms. The molecule has 0 aromatic heterocycles. The van der Waals surface area contributed by atoms with E-state index < -0.39 is 0 Å². The fraction of sp³-hybridized carbons (Fsp3) is 0.471. The highest BCUT2D eigenvalue weighted by Crippen LogP contribution is 2.25. The van der Waals surface area contributed by atoms with Crippen molar-refractivity contribution in [1.82, 2.24) is 0 Å². The molecule has 3 nitrogen and oxygen atoms in total. The predicted octanol–water partition coefficient (Wildman–Crippen LogP) is 3.49. The Bertz CT molecular complexity index is 518. The van der Waals surface area contributed by atoms with Gasteiger partial charge in [0.15, 0.2) is 0 Å². The average molecular weight is 304 g/mol. The van der Waals surface area contributed by atoms with Crippen LogP contribution in [0.15, 0.2) is 35.2 Å². The summed E-state index contributed by atoms with van der Waals surface area (Å²) < 4.78 is 10.9. The normalized spacial score (nSPS) is 24.8. The largest absolute Gasteiger partial charge is 0.463 e. The summed E-state index contributed by atoms with van der Waals surface area (Å²) in [5.74, 6) is 3.33. The molecule has 112 valence electrons. The van der Waals surface area contributed by atoms with Gasteiger partial charge in [0.05, 0.1) is 6.10 Å². The lowest BCUT2D eigenvalue weighted by atomic mass is 9.94. The molecule has 4 heteroatoms. The Labute approximate surface area is 130 Å². The highest BCUT2D eigenvalue weighted by Gasteiger charge is 2.27. The third-order valence-electron chi connectivity index (χ3n) is 3.39. The molecule has 0 bridgehead atoms. The molecule has 0 amide bonds. The Morgan fingerprint density at radius 1 is 1.38 bits per heavy atom. The summed E-state index contributed by atoms with van der Waals surface area (Å²) >= 11 is 1.51. The van der Waals surface area contributed by atoms with Crippen molar-refractivity contribution >= 4 is 17.7 Å². The van der Waals surface area contributed by atoms with Gasteiger partial charge >= 0.3 is 5.97 Å². The van der Waals surface area contributed by atoms with E-state index in [1.54, 1.807) is 0 Å². The average Bonchev–Trinajstić information content (AvgIpc) is 2.49. The van der Waals surface area contributed by atoms with E-state index in [0.29, 0.717) is 12.5 Å². The zero-order valence-electron chi connectivity index (χ0n) is 12.4. The minimum Gasteiger partial charge on any atom is -0.463 e. The van der Waals surface area contributed by atoms with E-state index in [9.17, 15) is 4.79 Å². The predicted molar refractivity (Wildman–Crippen MR) is 83.8 cm³/mol. The number of carbonyl (C=O) groups is 1. The van der Waals surface area contributed by atoms with Gasteiger partial charge in [0.2, 0.25) is 0 Å². The molecule has 1 aliphatic rings. The number of thioether (sulfide) groups is 1. The highest BCUT2D eigenvalue weighted by molar-refractivity contribution is 8.03. The molecule has 1 aliphatic heterocycles. The van der Waals surface area contributed by atoms with Crippen molar-refractivity contribution in [3.05, 3.63) is 30.3 Å². The molecule has 0 N–H and O–H groups in total. The Morgan fingerprint density at radius 2 is 2.14 bits per heavy atom.